The molecule has 1 atom stereocenters. The zero-order valence-electron chi connectivity index (χ0n) is 17.6. The molecule has 0 bridgehead atoms. The number of amides is 1. The van der Waals surface area contributed by atoms with Crippen molar-refractivity contribution in [1.29, 1.82) is 5.41 Å². The summed E-state index contributed by atoms with van der Waals surface area (Å²) in [6.45, 7) is 6.12. The SMILES string of the molecule is CN(CC(=O)NC(C)(C)C)c1nc(-c2cc(C=N)c(NPI)cn2)nc2c1CCC2. The van der Waals surface area contributed by atoms with Gasteiger partial charge in [0.15, 0.2) is 5.82 Å². The number of anilines is 2. The number of rotatable bonds is 7. The number of pyridine rings is 1. The molecule has 1 unspecified atom stereocenters. The third kappa shape index (κ3) is 5.43. The Labute approximate surface area is 191 Å². The maximum Gasteiger partial charge on any atom is 0.239 e. The van der Waals surface area contributed by atoms with Crippen LogP contribution in [-0.4, -0.2) is 46.2 Å². The van der Waals surface area contributed by atoms with Gasteiger partial charge in [-0.2, -0.15) is 0 Å². The standard InChI is InChI=1S/C20H27IN7OP/c1-20(2,3)26-17(29)11-28(4)19-13-6-5-7-14(13)24-18(25-19)15-8-12(9-22)16(10-23-15)27-30-21/h8-10,22,27,30H,5-7,11H2,1-4H3,(H,26,29). The number of aromatic nitrogens is 3. The van der Waals surface area contributed by atoms with Gasteiger partial charge in [-0.25, -0.2) is 9.97 Å². The van der Waals surface area contributed by atoms with E-state index in [1.807, 2.05) is 38.8 Å². The lowest BCUT2D eigenvalue weighted by Gasteiger charge is -2.25. The minimum atomic E-state index is -0.280. The fraction of sp³-hybridized carbons (Fsp3) is 0.450. The second-order valence-corrected chi connectivity index (χ2v) is 10.4. The molecule has 10 heteroatoms. The highest BCUT2D eigenvalue weighted by Gasteiger charge is 2.24. The molecule has 1 amide bonds. The Hall–Kier alpha value is -1.87. The molecular weight excluding hydrogens is 512 g/mol. The number of likely N-dealkylation sites (N-methyl/N-ethyl adjacent to an activating group) is 1. The highest BCUT2D eigenvalue weighted by molar-refractivity contribution is 14.2. The first kappa shape index (κ1) is 22.8. The van der Waals surface area contributed by atoms with Gasteiger partial charge in [-0.3, -0.25) is 9.78 Å². The summed E-state index contributed by atoms with van der Waals surface area (Å²) in [5.41, 5.74) is 4.04. The molecule has 0 saturated carbocycles. The summed E-state index contributed by atoms with van der Waals surface area (Å²) in [7, 11) is 1.89. The van der Waals surface area contributed by atoms with E-state index in [2.05, 4.69) is 37.4 Å². The third-order valence-corrected chi connectivity index (χ3v) is 5.84. The maximum atomic E-state index is 12.4. The Morgan fingerprint density at radius 3 is 2.80 bits per heavy atom. The molecule has 2 heterocycles. The van der Waals surface area contributed by atoms with E-state index in [1.54, 1.807) is 6.20 Å². The van der Waals surface area contributed by atoms with Crippen molar-refractivity contribution < 1.29 is 4.79 Å². The van der Waals surface area contributed by atoms with Crippen LogP contribution in [0.5, 0.6) is 0 Å². The van der Waals surface area contributed by atoms with E-state index < -0.39 is 0 Å². The summed E-state index contributed by atoms with van der Waals surface area (Å²) in [5.74, 6) is 1.27. The summed E-state index contributed by atoms with van der Waals surface area (Å²) in [6, 6.07) is 1.83. The normalized spacial score (nSPS) is 13.4. The number of nitrogens with one attached hydrogen (secondary N) is 3. The molecule has 0 fully saturated rings. The molecule has 2 aromatic rings. The second kappa shape index (κ2) is 9.51. The van der Waals surface area contributed by atoms with Crippen molar-refractivity contribution >= 4 is 52.0 Å². The van der Waals surface area contributed by atoms with Gasteiger partial charge in [-0.1, -0.05) is 0 Å². The van der Waals surface area contributed by atoms with E-state index in [0.717, 1.165) is 47.6 Å². The average Bonchev–Trinajstić information content (AvgIpc) is 3.14. The van der Waals surface area contributed by atoms with E-state index >= 15 is 0 Å². The number of hydrogen-bond donors (Lipinski definition) is 3. The van der Waals surface area contributed by atoms with Crippen LogP contribution in [0.25, 0.3) is 11.5 Å². The van der Waals surface area contributed by atoms with Crippen molar-refractivity contribution in [3.63, 3.8) is 0 Å². The highest BCUT2D eigenvalue weighted by Crippen LogP contribution is 2.32. The first-order valence-electron chi connectivity index (χ1n) is 9.76. The minimum absolute atomic E-state index is 0.0452. The second-order valence-electron chi connectivity index (χ2n) is 8.32. The number of hydrogen-bond acceptors (Lipinski definition) is 7. The number of fused-ring (bicyclic) bond motifs is 1. The van der Waals surface area contributed by atoms with Gasteiger partial charge in [-0.05, 0) is 68.1 Å². The van der Waals surface area contributed by atoms with Crippen LogP contribution in [0.15, 0.2) is 12.3 Å². The van der Waals surface area contributed by atoms with Crippen molar-refractivity contribution in [1.82, 2.24) is 20.3 Å². The van der Waals surface area contributed by atoms with Crippen molar-refractivity contribution in [3.8, 4) is 11.5 Å². The third-order valence-electron chi connectivity index (χ3n) is 4.67. The topological polar surface area (TPSA) is 107 Å². The minimum Gasteiger partial charge on any atom is -0.357 e. The van der Waals surface area contributed by atoms with Crippen LogP contribution in [0.4, 0.5) is 11.5 Å². The molecule has 0 aliphatic heterocycles. The predicted molar refractivity (Wildman–Crippen MR) is 132 cm³/mol. The van der Waals surface area contributed by atoms with Crippen molar-refractivity contribution in [3.05, 3.63) is 29.1 Å². The zero-order valence-corrected chi connectivity index (χ0v) is 20.8. The van der Waals surface area contributed by atoms with Crippen LogP contribution in [0, 0.1) is 5.41 Å². The van der Waals surface area contributed by atoms with E-state index in [9.17, 15) is 4.79 Å². The van der Waals surface area contributed by atoms with Gasteiger partial charge >= 0.3 is 0 Å². The molecule has 0 spiro atoms. The van der Waals surface area contributed by atoms with Crippen molar-refractivity contribution in [2.75, 3.05) is 23.6 Å². The Morgan fingerprint density at radius 2 is 2.13 bits per heavy atom. The van der Waals surface area contributed by atoms with Crippen LogP contribution in [0.2, 0.25) is 0 Å². The molecule has 8 nitrogen and oxygen atoms in total. The molecule has 2 aromatic heterocycles. The lowest BCUT2D eigenvalue weighted by molar-refractivity contribution is -0.121. The van der Waals surface area contributed by atoms with Crippen LogP contribution in [-0.2, 0) is 17.6 Å². The number of aryl methyl sites for hydroxylation is 1. The Kier molecular flexibility index (Phi) is 7.23. The van der Waals surface area contributed by atoms with Crippen LogP contribution >= 0.6 is 28.4 Å². The zero-order chi connectivity index (χ0) is 21.9. The molecule has 30 heavy (non-hydrogen) atoms. The maximum absolute atomic E-state index is 12.4. The van der Waals surface area contributed by atoms with E-state index in [1.165, 1.54) is 6.21 Å². The number of nitrogens with zero attached hydrogens (tertiary/aromatic N) is 4. The number of carbonyl (C=O) groups excluding carboxylic acids is 1. The lowest BCUT2D eigenvalue weighted by atomic mass is 10.1. The predicted octanol–water partition coefficient (Wildman–Crippen LogP) is 3.73. The molecule has 1 aliphatic rings. The molecule has 0 saturated heterocycles. The average molecular weight is 539 g/mol. The highest BCUT2D eigenvalue weighted by atomic mass is 127. The fourth-order valence-corrected chi connectivity index (χ4v) is 4.64. The summed E-state index contributed by atoms with van der Waals surface area (Å²) in [6.07, 6.45) is 6.35. The van der Waals surface area contributed by atoms with Crippen LogP contribution in [0.3, 0.4) is 0 Å². The molecule has 0 aromatic carbocycles. The Morgan fingerprint density at radius 1 is 1.37 bits per heavy atom. The monoisotopic (exact) mass is 539 g/mol. The van der Waals surface area contributed by atoms with Gasteiger partial charge < -0.3 is 20.7 Å². The van der Waals surface area contributed by atoms with Crippen LogP contribution < -0.4 is 15.3 Å². The smallest absolute Gasteiger partial charge is 0.239 e. The molecule has 3 N–H and O–H groups in total. The van der Waals surface area contributed by atoms with E-state index in [0.29, 0.717) is 17.9 Å². The fourth-order valence-electron chi connectivity index (χ4n) is 3.46. The van der Waals surface area contributed by atoms with Gasteiger partial charge in [0.25, 0.3) is 0 Å². The molecule has 3 rings (SSSR count). The number of carbonyl (C=O) groups is 1. The van der Waals surface area contributed by atoms with E-state index in [4.69, 9.17) is 15.4 Å². The van der Waals surface area contributed by atoms with Crippen molar-refractivity contribution in [2.45, 2.75) is 45.6 Å². The molecule has 160 valence electrons. The van der Waals surface area contributed by atoms with Gasteiger partial charge in [-0.15, -0.1) is 0 Å². The van der Waals surface area contributed by atoms with Gasteiger partial charge in [0, 0.05) is 42.0 Å². The first-order chi connectivity index (χ1) is 14.2. The Balaban J connectivity index is 1.95. The molecule has 0 radical (unpaired) electrons. The summed E-state index contributed by atoms with van der Waals surface area (Å²) >= 11 is 2.24. The lowest BCUT2D eigenvalue weighted by Crippen LogP contribution is -2.45. The largest absolute Gasteiger partial charge is 0.357 e. The van der Waals surface area contributed by atoms with Crippen molar-refractivity contribution in [2.24, 2.45) is 0 Å². The molecule has 1 aliphatic carbocycles. The summed E-state index contributed by atoms with van der Waals surface area (Å²) in [5, 5.41) is 13.9. The van der Waals surface area contributed by atoms with Gasteiger partial charge in [0.1, 0.15) is 11.5 Å². The summed E-state index contributed by atoms with van der Waals surface area (Å²) in [4.78, 5) is 28.4. The number of halogens is 1. The van der Waals surface area contributed by atoms with Gasteiger partial charge in [0.05, 0.1) is 18.4 Å². The first-order valence-corrected chi connectivity index (χ1v) is 13.9. The summed E-state index contributed by atoms with van der Waals surface area (Å²) < 4.78 is 0. The van der Waals surface area contributed by atoms with Crippen LogP contribution in [0.1, 0.15) is 44.0 Å². The van der Waals surface area contributed by atoms with E-state index in [-0.39, 0.29) is 18.0 Å². The van der Waals surface area contributed by atoms with Gasteiger partial charge in [0.2, 0.25) is 5.91 Å². The Bertz CT molecular complexity index is 961. The molecular formula is C20H27IN7OP. The quantitative estimate of drug-likeness (QED) is 0.281.